The highest BCUT2D eigenvalue weighted by Gasteiger charge is 2.27. The third-order valence-corrected chi connectivity index (χ3v) is 3.74. The lowest BCUT2D eigenvalue weighted by molar-refractivity contribution is 0.408. The van der Waals surface area contributed by atoms with Crippen LogP contribution in [0.3, 0.4) is 0 Å². The molecule has 1 aromatic carbocycles. The van der Waals surface area contributed by atoms with Crippen molar-refractivity contribution in [2.45, 2.75) is 25.2 Å². The molecule has 0 bridgehead atoms. The maximum Gasteiger partial charge on any atom is 0.129 e. The molecule has 1 fully saturated rings. The molecule has 0 amide bonds. The third kappa shape index (κ3) is 1.68. The van der Waals surface area contributed by atoms with Crippen molar-refractivity contribution in [2.75, 3.05) is 5.73 Å². The number of benzene rings is 1. The van der Waals surface area contributed by atoms with Crippen molar-refractivity contribution in [3.63, 3.8) is 0 Å². The molecule has 18 heavy (non-hydrogen) atoms. The van der Waals surface area contributed by atoms with Crippen LogP contribution in [0.1, 0.15) is 30.9 Å². The Labute approximate surface area is 105 Å². The van der Waals surface area contributed by atoms with Gasteiger partial charge in [-0.1, -0.05) is 18.6 Å². The van der Waals surface area contributed by atoms with Crippen LogP contribution in [-0.4, -0.2) is 9.78 Å². The summed E-state index contributed by atoms with van der Waals surface area (Å²) >= 11 is 0. The topological polar surface area (TPSA) is 43.8 Å². The molecule has 1 aromatic heterocycles. The molecule has 1 saturated carbocycles. The standard InChI is InChI=1S/C14H16FN3/c1-18-14(16)12(9-5-7-11(15)8-6-9)13(17-18)10-3-2-4-10/h5-8,10H,2-4,16H2,1H3. The number of hydrogen-bond donors (Lipinski definition) is 1. The van der Waals surface area contributed by atoms with Gasteiger partial charge in [0, 0.05) is 18.5 Å². The highest BCUT2D eigenvalue weighted by atomic mass is 19.1. The van der Waals surface area contributed by atoms with E-state index in [0.29, 0.717) is 11.7 Å². The number of nitrogens with two attached hydrogens (primary N) is 1. The molecule has 94 valence electrons. The van der Waals surface area contributed by atoms with Gasteiger partial charge in [-0.25, -0.2) is 4.39 Å². The predicted octanol–water partition coefficient (Wildman–Crippen LogP) is 3.08. The van der Waals surface area contributed by atoms with Crippen LogP contribution in [0.25, 0.3) is 11.1 Å². The smallest absolute Gasteiger partial charge is 0.129 e. The molecule has 3 rings (SSSR count). The lowest BCUT2D eigenvalue weighted by Crippen LogP contribution is -2.10. The lowest BCUT2D eigenvalue weighted by atomic mass is 9.80. The first-order valence-electron chi connectivity index (χ1n) is 6.25. The van der Waals surface area contributed by atoms with Crippen LogP contribution in [0.2, 0.25) is 0 Å². The molecule has 0 aliphatic heterocycles. The summed E-state index contributed by atoms with van der Waals surface area (Å²) in [6, 6.07) is 6.47. The minimum absolute atomic E-state index is 0.230. The molecule has 0 unspecified atom stereocenters. The Hall–Kier alpha value is -1.84. The molecular formula is C14H16FN3. The highest BCUT2D eigenvalue weighted by Crippen LogP contribution is 2.42. The van der Waals surface area contributed by atoms with Crippen molar-refractivity contribution in [3.8, 4) is 11.1 Å². The minimum Gasteiger partial charge on any atom is -0.383 e. The van der Waals surface area contributed by atoms with E-state index < -0.39 is 0 Å². The van der Waals surface area contributed by atoms with E-state index in [4.69, 9.17) is 5.73 Å². The van der Waals surface area contributed by atoms with E-state index in [1.807, 2.05) is 7.05 Å². The number of hydrogen-bond acceptors (Lipinski definition) is 2. The Morgan fingerprint density at radius 2 is 1.94 bits per heavy atom. The Morgan fingerprint density at radius 1 is 1.28 bits per heavy atom. The molecule has 0 radical (unpaired) electrons. The zero-order valence-electron chi connectivity index (χ0n) is 10.4. The molecule has 0 saturated heterocycles. The average Bonchev–Trinajstić information content (AvgIpc) is 2.55. The van der Waals surface area contributed by atoms with Gasteiger partial charge < -0.3 is 5.73 Å². The van der Waals surface area contributed by atoms with Gasteiger partial charge in [0.05, 0.1) is 5.69 Å². The zero-order chi connectivity index (χ0) is 12.7. The monoisotopic (exact) mass is 245 g/mol. The molecule has 3 nitrogen and oxygen atoms in total. The van der Waals surface area contributed by atoms with E-state index in [0.717, 1.165) is 16.8 Å². The van der Waals surface area contributed by atoms with Gasteiger partial charge >= 0.3 is 0 Å². The third-order valence-electron chi connectivity index (χ3n) is 3.74. The van der Waals surface area contributed by atoms with E-state index in [1.165, 1.54) is 31.4 Å². The van der Waals surface area contributed by atoms with Crippen LogP contribution in [-0.2, 0) is 7.05 Å². The van der Waals surface area contributed by atoms with Gasteiger partial charge in [0.2, 0.25) is 0 Å². The van der Waals surface area contributed by atoms with Gasteiger partial charge in [0.1, 0.15) is 11.6 Å². The Bertz CT molecular complexity index is 567. The van der Waals surface area contributed by atoms with Gasteiger partial charge in [0.25, 0.3) is 0 Å². The van der Waals surface area contributed by atoms with Crippen LogP contribution >= 0.6 is 0 Å². The van der Waals surface area contributed by atoms with Crippen LogP contribution in [0.5, 0.6) is 0 Å². The number of rotatable bonds is 2. The van der Waals surface area contributed by atoms with Gasteiger partial charge in [0.15, 0.2) is 0 Å². The largest absolute Gasteiger partial charge is 0.383 e. The molecule has 0 spiro atoms. The fraction of sp³-hybridized carbons (Fsp3) is 0.357. The molecule has 4 heteroatoms. The Kier molecular flexibility index (Phi) is 2.58. The summed E-state index contributed by atoms with van der Waals surface area (Å²) in [6.07, 6.45) is 3.60. The van der Waals surface area contributed by atoms with Gasteiger partial charge in [-0.15, -0.1) is 0 Å². The van der Waals surface area contributed by atoms with Crippen molar-refractivity contribution in [1.82, 2.24) is 9.78 Å². The van der Waals surface area contributed by atoms with E-state index in [1.54, 1.807) is 16.8 Å². The van der Waals surface area contributed by atoms with Crippen molar-refractivity contribution >= 4 is 5.82 Å². The summed E-state index contributed by atoms with van der Waals surface area (Å²) in [5.41, 5.74) is 9.08. The normalized spacial score (nSPS) is 15.7. The van der Waals surface area contributed by atoms with E-state index >= 15 is 0 Å². The molecule has 1 heterocycles. The van der Waals surface area contributed by atoms with E-state index in [-0.39, 0.29) is 5.82 Å². The fourth-order valence-corrected chi connectivity index (χ4v) is 2.44. The van der Waals surface area contributed by atoms with Crippen LogP contribution in [0, 0.1) is 5.82 Å². The van der Waals surface area contributed by atoms with Crippen molar-refractivity contribution in [3.05, 3.63) is 35.8 Å². The average molecular weight is 245 g/mol. The number of halogens is 1. The second-order valence-electron chi connectivity index (χ2n) is 4.90. The second kappa shape index (κ2) is 4.12. The maximum atomic E-state index is 13.0. The molecule has 0 atom stereocenters. The van der Waals surface area contributed by atoms with E-state index in [2.05, 4.69) is 5.10 Å². The second-order valence-corrected chi connectivity index (χ2v) is 4.90. The van der Waals surface area contributed by atoms with Gasteiger partial charge in [-0.2, -0.15) is 5.10 Å². The molecule has 1 aliphatic rings. The zero-order valence-corrected chi connectivity index (χ0v) is 10.4. The Balaban J connectivity index is 2.11. The highest BCUT2D eigenvalue weighted by molar-refractivity contribution is 5.77. The number of nitrogen functional groups attached to an aromatic ring is 1. The minimum atomic E-state index is -0.230. The first kappa shape index (κ1) is 11.3. The summed E-state index contributed by atoms with van der Waals surface area (Å²) in [5.74, 6) is 0.934. The molecular weight excluding hydrogens is 229 g/mol. The van der Waals surface area contributed by atoms with Crippen LogP contribution < -0.4 is 5.73 Å². The predicted molar refractivity (Wildman–Crippen MR) is 69.6 cm³/mol. The Morgan fingerprint density at radius 3 is 2.50 bits per heavy atom. The molecule has 2 N–H and O–H groups in total. The summed E-state index contributed by atoms with van der Waals surface area (Å²) < 4.78 is 14.7. The first-order valence-corrected chi connectivity index (χ1v) is 6.25. The quantitative estimate of drug-likeness (QED) is 0.883. The van der Waals surface area contributed by atoms with Crippen molar-refractivity contribution in [1.29, 1.82) is 0 Å². The summed E-state index contributed by atoms with van der Waals surface area (Å²) in [6.45, 7) is 0. The van der Waals surface area contributed by atoms with Gasteiger partial charge in [-0.05, 0) is 30.5 Å². The van der Waals surface area contributed by atoms with Crippen molar-refractivity contribution < 1.29 is 4.39 Å². The summed E-state index contributed by atoms with van der Waals surface area (Å²) in [5, 5.41) is 4.53. The molecule has 2 aromatic rings. The molecule has 1 aliphatic carbocycles. The van der Waals surface area contributed by atoms with Crippen LogP contribution in [0.15, 0.2) is 24.3 Å². The summed E-state index contributed by atoms with van der Waals surface area (Å²) in [7, 11) is 1.85. The fourth-order valence-electron chi connectivity index (χ4n) is 2.44. The SMILES string of the molecule is Cn1nc(C2CCC2)c(-c2ccc(F)cc2)c1N. The number of nitrogens with zero attached hydrogens (tertiary/aromatic N) is 2. The number of aryl methyl sites for hydroxylation is 1. The maximum absolute atomic E-state index is 13.0. The van der Waals surface area contributed by atoms with Crippen molar-refractivity contribution in [2.24, 2.45) is 7.05 Å². The van der Waals surface area contributed by atoms with Crippen LogP contribution in [0.4, 0.5) is 10.2 Å². The summed E-state index contributed by atoms with van der Waals surface area (Å²) in [4.78, 5) is 0. The lowest BCUT2D eigenvalue weighted by Gasteiger charge is -2.24. The van der Waals surface area contributed by atoms with E-state index in [9.17, 15) is 4.39 Å². The number of anilines is 1. The first-order chi connectivity index (χ1) is 8.66. The van der Waals surface area contributed by atoms with Gasteiger partial charge in [-0.3, -0.25) is 4.68 Å². The number of aromatic nitrogens is 2.